The summed E-state index contributed by atoms with van der Waals surface area (Å²) in [4.78, 5) is 2.11. The lowest BCUT2D eigenvalue weighted by atomic mass is 10.1. The molecule has 3 nitrogen and oxygen atoms in total. The zero-order chi connectivity index (χ0) is 14.7. The third kappa shape index (κ3) is 3.11. The Labute approximate surface area is 124 Å². The van der Waals surface area contributed by atoms with Gasteiger partial charge in [-0.1, -0.05) is 35.9 Å². The maximum atomic E-state index is 7.71. The van der Waals surface area contributed by atoms with E-state index in [-0.39, 0.29) is 5.84 Å². The van der Waals surface area contributed by atoms with Gasteiger partial charge in [0.05, 0.1) is 5.69 Å². The van der Waals surface area contributed by atoms with Crippen LogP contribution in [0.5, 0.6) is 0 Å². The summed E-state index contributed by atoms with van der Waals surface area (Å²) in [6.45, 7) is 2.77. The maximum Gasteiger partial charge on any atom is 0.124 e. The molecule has 0 fully saturated rings. The number of anilines is 1. The first kappa shape index (κ1) is 14.4. The van der Waals surface area contributed by atoms with Gasteiger partial charge in [0.25, 0.3) is 0 Å². The fourth-order valence-corrected chi connectivity index (χ4v) is 2.45. The molecule has 0 aliphatic heterocycles. The summed E-state index contributed by atoms with van der Waals surface area (Å²) in [5.74, 6) is 0.0895. The number of amidine groups is 1. The summed E-state index contributed by atoms with van der Waals surface area (Å²) in [6, 6.07) is 13.6. The van der Waals surface area contributed by atoms with Crippen LogP contribution in [-0.4, -0.2) is 12.9 Å². The number of para-hydroxylation sites is 1. The molecule has 2 rings (SSSR count). The van der Waals surface area contributed by atoms with Crippen molar-refractivity contribution in [3.63, 3.8) is 0 Å². The minimum atomic E-state index is 0.0895. The molecule has 0 bridgehead atoms. The molecule has 3 N–H and O–H groups in total. The highest BCUT2D eigenvalue weighted by molar-refractivity contribution is 6.30. The Bertz CT molecular complexity index is 620. The van der Waals surface area contributed by atoms with Gasteiger partial charge in [-0.3, -0.25) is 5.41 Å². The van der Waals surface area contributed by atoms with E-state index >= 15 is 0 Å². The van der Waals surface area contributed by atoms with Crippen LogP contribution in [0.3, 0.4) is 0 Å². The van der Waals surface area contributed by atoms with Gasteiger partial charge in [0.2, 0.25) is 0 Å². The number of nitrogens with one attached hydrogen (secondary N) is 1. The standard InChI is InChI=1S/C16H18ClN3/c1-11-4-3-5-14(16(18)19)15(11)20(2)10-12-6-8-13(17)9-7-12/h3-9H,10H2,1-2H3,(H3,18,19). The van der Waals surface area contributed by atoms with Gasteiger partial charge in [-0.15, -0.1) is 0 Å². The van der Waals surface area contributed by atoms with Gasteiger partial charge in [-0.25, -0.2) is 0 Å². The van der Waals surface area contributed by atoms with Gasteiger partial charge in [0, 0.05) is 24.2 Å². The van der Waals surface area contributed by atoms with Gasteiger partial charge in [0.1, 0.15) is 5.84 Å². The van der Waals surface area contributed by atoms with Crippen molar-refractivity contribution in [2.75, 3.05) is 11.9 Å². The van der Waals surface area contributed by atoms with E-state index in [1.807, 2.05) is 56.4 Å². The third-order valence-electron chi connectivity index (χ3n) is 3.24. The predicted octanol–water partition coefficient (Wildman–Crippen LogP) is 3.57. The van der Waals surface area contributed by atoms with E-state index in [1.165, 1.54) is 0 Å². The molecular formula is C16H18ClN3. The first-order chi connectivity index (χ1) is 9.49. The summed E-state index contributed by atoms with van der Waals surface area (Å²) < 4.78 is 0. The van der Waals surface area contributed by atoms with Crippen LogP contribution < -0.4 is 10.6 Å². The minimum absolute atomic E-state index is 0.0895. The zero-order valence-corrected chi connectivity index (χ0v) is 12.4. The molecule has 0 aromatic heterocycles. The quantitative estimate of drug-likeness (QED) is 0.667. The van der Waals surface area contributed by atoms with Crippen molar-refractivity contribution < 1.29 is 0 Å². The molecule has 0 aliphatic rings. The monoisotopic (exact) mass is 287 g/mol. The lowest BCUT2D eigenvalue weighted by Gasteiger charge is -2.24. The molecule has 0 radical (unpaired) electrons. The SMILES string of the molecule is Cc1cccc(C(=N)N)c1N(C)Cc1ccc(Cl)cc1. The van der Waals surface area contributed by atoms with Gasteiger partial charge in [0.15, 0.2) is 0 Å². The fourth-order valence-electron chi connectivity index (χ4n) is 2.33. The number of nitrogen functional groups attached to an aromatic ring is 1. The van der Waals surface area contributed by atoms with Crippen molar-refractivity contribution in [3.8, 4) is 0 Å². The molecule has 0 amide bonds. The maximum absolute atomic E-state index is 7.71. The van der Waals surface area contributed by atoms with Crippen LogP contribution >= 0.6 is 11.6 Å². The van der Waals surface area contributed by atoms with E-state index in [4.69, 9.17) is 22.7 Å². The number of benzene rings is 2. The molecule has 20 heavy (non-hydrogen) atoms. The van der Waals surface area contributed by atoms with Crippen LogP contribution in [0, 0.1) is 12.3 Å². The number of nitrogens with two attached hydrogens (primary N) is 1. The summed E-state index contributed by atoms with van der Waals surface area (Å²) in [6.07, 6.45) is 0. The second-order valence-corrected chi connectivity index (χ2v) is 5.30. The average molecular weight is 288 g/mol. The Morgan fingerprint density at radius 2 is 1.85 bits per heavy atom. The van der Waals surface area contributed by atoms with Crippen molar-refractivity contribution in [1.82, 2.24) is 0 Å². The van der Waals surface area contributed by atoms with E-state index in [0.717, 1.165) is 33.9 Å². The third-order valence-corrected chi connectivity index (χ3v) is 3.49. The molecule has 0 saturated carbocycles. The molecule has 4 heteroatoms. The van der Waals surface area contributed by atoms with Crippen molar-refractivity contribution in [3.05, 3.63) is 64.2 Å². The number of halogens is 1. The van der Waals surface area contributed by atoms with E-state index < -0.39 is 0 Å². The van der Waals surface area contributed by atoms with E-state index in [0.29, 0.717) is 0 Å². The molecule has 0 spiro atoms. The minimum Gasteiger partial charge on any atom is -0.384 e. The molecule has 0 heterocycles. The van der Waals surface area contributed by atoms with Gasteiger partial charge < -0.3 is 10.6 Å². The lowest BCUT2D eigenvalue weighted by Crippen LogP contribution is -2.23. The van der Waals surface area contributed by atoms with Crippen LogP contribution in [0.15, 0.2) is 42.5 Å². The highest BCUT2D eigenvalue weighted by Gasteiger charge is 2.12. The lowest BCUT2D eigenvalue weighted by molar-refractivity contribution is 0.915. The van der Waals surface area contributed by atoms with E-state index in [9.17, 15) is 0 Å². The van der Waals surface area contributed by atoms with E-state index in [1.54, 1.807) is 0 Å². The van der Waals surface area contributed by atoms with Gasteiger partial charge in [-0.2, -0.15) is 0 Å². The number of hydrogen-bond donors (Lipinski definition) is 2. The summed E-state index contributed by atoms with van der Waals surface area (Å²) >= 11 is 5.90. The Morgan fingerprint density at radius 1 is 1.20 bits per heavy atom. The normalized spacial score (nSPS) is 10.3. The molecule has 0 saturated heterocycles. The van der Waals surface area contributed by atoms with Crippen LogP contribution in [0.2, 0.25) is 5.02 Å². The van der Waals surface area contributed by atoms with Crippen LogP contribution in [0.25, 0.3) is 0 Å². The highest BCUT2D eigenvalue weighted by Crippen LogP contribution is 2.25. The highest BCUT2D eigenvalue weighted by atomic mass is 35.5. The molecule has 2 aromatic rings. The largest absolute Gasteiger partial charge is 0.384 e. The van der Waals surface area contributed by atoms with Crippen molar-refractivity contribution >= 4 is 23.1 Å². The van der Waals surface area contributed by atoms with Crippen molar-refractivity contribution in [2.24, 2.45) is 5.73 Å². The summed E-state index contributed by atoms with van der Waals surface area (Å²) in [7, 11) is 2.00. The summed E-state index contributed by atoms with van der Waals surface area (Å²) in [5, 5.41) is 8.44. The number of hydrogen-bond acceptors (Lipinski definition) is 2. The Kier molecular flexibility index (Phi) is 4.30. The van der Waals surface area contributed by atoms with Crippen LogP contribution in [-0.2, 0) is 6.54 Å². The van der Waals surface area contributed by atoms with Crippen LogP contribution in [0.1, 0.15) is 16.7 Å². The van der Waals surface area contributed by atoms with Crippen molar-refractivity contribution in [1.29, 1.82) is 5.41 Å². The molecule has 0 atom stereocenters. The molecule has 104 valence electrons. The molecule has 2 aromatic carbocycles. The Balaban J connectivity index is 2.31. The second kappa shape index (κ2) is 5.97. The predicted molar refractivity (Wildman–Crippen MR) is 85.8 cm³/mol. The molecule has 0 unspecified atom stereocenters. The molecule has 0 aliphatic carbocycles. The number of aryl methyl sites for hydroxylation is 1. The van der Waals surface area contributed by atoms with Crippen LogP contribution in [0.4, 0.5) is 5.69 Å². The molecular weight excluding hydrogens is 270 g/mol. The fraction of sp³-hybridized carbons (Fsp3) is 0.188. The smallest absolute Gasteiger partial charge is 0.124 e. The average Bonchev–Trinajstić information content (AvgIpc) is 2.40. The second-order valence-electron chi connectivity index (χ2n) is 4.87. The summed E-state index contributed by atoms with van der Waals surface area (Å²) in [5.41, 5.74) is 9.70. The van der Waals surface area contributed by atoms with Gasteiger partial charge >= 0.3 is 0 Å². The zero-order valence-electron chi connectivity index (χ0n) is 11.7. The van der Waals surface area contributed by atoms with Gasteiger partial charge in [-0.05, 0) is 36.2 Å². The topological polar surface area (TPSA) is 53.1 Å². The first-order valence-corrected chi connectivity index (χ1v) is 6.76. The van der Waals surface area contributed by atoms with Crippen molar-refractivity contribution in [2.45, 2.75) is 13.5 Å². The first-order valence-electron chi connectivity index (χ1n) is 6.38. The number of rotatable bonds is 4. The Hall–Kier alpha value is -2.00. The van der Waals surface area contributed by atoms with E-state index in [2.05, 4.69) is 4.90 Å². The Morgan fingerprint density at radius 3 is 2.45 bits per heavy atom. The number of nitrogens with zero attached hydrogens (tertiary/aromatic N) is 1.